The average Bonchev–Trinajstić information content (AvgIpc) is 2.37. The molecule has 6 heteroatoms. The van der Waals surface area contributed by atoms with Crippen molar-refractivity contribution in [3.05, 3.63) is 47.5 Å². The van der Waals surface area contributed by atoms with Gasteiger partial charge in [-0.15, -0.1) is 0 Å². The van der Waals surface area contributed by atoms with Gasteiger partial charge in [0, 0.05) is 22.3 Å². The molecule has 0 saturated heterocycles. The highest BCUT2D eigenvalue weighted by molar-refractivity contribution is 9.09. The summed E-state index contributed by atoms with van der Waals surface area (Å²) in [5, 5.41) is 0.888. The van der Waals surface area contributed by atoms with Gasteiger partial charge >= 0.3 is 5.97 Å². The zero-order valence-corrected chi connectivity index (χ0v) is 12.9. The number of halogens is 4. The van der Waals surface area contributed by atoms with Crippen LogP contribution >= 0.6 is 31.9 Å². The molecule has 0 amide bonds. The van der Waals surface area contributed by atoms with Crippen molar-refractivity contribution in [2.24, 2.45) is 0 Å². The van der Waals surface area contributed by atoms with Gasteiger partial charge in [-0.25, -0.2) is 13.6 Å². The second-order valence-corrected chi connectivity index (χ2v) is 4.22. The highest BCUT2D eigenvalue weighted by Crippen LogP contribution is 2.11. The van der Waals surface area contributed by atoms with E-state index in [0.717, 1.165) is 6.07 Å². The molecule has 0 fully saturated rings. The highest BCUT2D eigenvalue weighted by Gasteiger charge is 2.01. The fourth-order valence-corrected chi connectivity index (χ4v) is 1.51. The third-order valence-corrected chi connectivity index (χ3v) is 3.08. The lowest BCUT2D eigenvalue weighted by molar-refractivity contribution is -0.135. The Kier molecular flexibility index (Phi) is 8.83. The van der Waals surface area contributed by atoms with Crippen LogP contribution < -0.4 is 0 Å². The molecule has 1 aromatic rings. The lowest BCUT2D eigenvalue weighted by atomic mass is 10.2. The number of hydrogen-bond donors (Lipinski definition) is 0. The average molecular weight is 386 g/mol. The summed E-state index contributed by atoms with van der Waals surface area (Å²) in [4.78, 5) is 10.4. The molecule has 2 nitrogen and oxygen atoms in total. The van der Waals surface area contributed by atoms with Gasteiger partial charge in [0.15, 0.2) is 0 Å². The largest absolute Gasteiger partial charge is 0.466 e. The number of benzene rings is 1. The van der Waals surface area contributed by atoms with Crippen molar-refractivity contribution in [1.82, 2.24) is 0 Å². The van der Waals surface area contributed by atoms with E-state index in [2.05, 4.69) is 43.2 Å². The maximum Gasteiger partial charge on any atom is 0.333 e. The molecular formula is C12H12Br2F2O2. The smallest absolute Gasteiger partial charge is 0.333 e. The van der Waals surface area contributed by atoms with Crippen LogP contribution in [0.3, 0.4) is 0 Å². The number of ether oxygens (including phenoxy) is 1. The number of methoxy groups -OCH3 is 1. The predicted octanol–water partition coefficient (Wildman–Crippen LogP) is 3.97. The van der Waals surface area contributed by atoms with E-state index in [1.165, 1.54) is 19.2 Å². The molecule has 18 heavy (non-hydrogen) atoms. The molecule has 100 valence electrons. The summed E-state index contributed by atoms with van der Waals surface area (Å²) in [7, 11) is 1.33. The molecule has 0 spiro atoms. The molecule has 1 aromatic carbocycles. The molecular weight excluding hydrogens is 374 g/mol. The number of carbonyl (C=O) groups is 1. The lowest BCUT2D eigenvalue weighted by Gasteiger charge is -1.95. The predicted molar refractivity (Wildman–Crippen MR) is 73.9 cm³/mol. The summed E-state index contributed by atoms with van der Waals surface area (Å²) in [6.45, 7) is 3.42. The van der Waals surface area contributed by atoms with E-state index in [-0.39, 0.29) is 5.97 Å². The minimum atomic E-state index is -0.540. The van der Waals surface area contributed by atoms with Gasteiger partial charge in [-0.3, -0.25) is 0 Å². The topological polar surface area (TPSA) is 26.3 Å². The van der Waals surface area contributed by atoms with Gasteiger partial charge in [0.2, 0.25) is 0 Å². The fourth-order valence-electron chi connectivity index (χ4n) is 0.829. The van der Waals surface area contributed by atoms with Crippen molar-refractivity contribution >= 4 is 37.8 Å². The van der Waals surface area contributed by atoms with Crippen molar-refractivity contribution < 1.29 is 18.3 Å². The van der Waals surface area contributed by atoms with Gasteiger partial charge in [0.25, 0.3) is 0 Å². The first-order valence-electron chi connectivity index (χ1n) is 4.78. The first-order chi connectivity index (χ1) is 8.46. The number of rotatable bonds is 3. The van der Waals surface area contributed by atoms with Crippen molar-refractivity contribution in [3.8, 4) is 0 Å². The number of esters is 1. The molecule has 0 N–H and O–H groups in total. The monoisotopic (exact) mass is 384 g/mol. The van der Waals surface area contributed by atoms with Crippen LogP contribution in [0.15, 0.2) is 30.4 Å². The molecule has 0 unspecified atom stereocenters. The highest BCUT2D eigenvalue weighted by atomic mass is 79.9. The van der Waals surface area contributed by atoms with Gasteiger partial charge in [0.05, 0.1) is 7.11 Å². The van der Waals surface area contributed by atoms with Crippen LogP contribution in [0.1, 0.15) is 5.56 Å². The van der Waals surface area contributed by atoms with Gasteiger partial charge < -0.3 is 4.74 Å². The van der Waals surface area contributed by atoms with Crippen LogP contribution in [0.5, 0.6) is 0 Å². The molecule has 0 bridgehead atoms. The molecule has 0 radical (unpaired) electrons. The van der Waals surface area contributed by atoms with E-state index < -0.39 is 11.6 Å². The molecule has 1 rings (SSSR count). The Morgan fingerprint density at radius 1 is 1.39 bits per heavy atom. The van der Waals surface area contributed by atoms with Gasteiger partial charge in [-0.05, 0) is 11.6 Å². The van der Waals surface area contributed by atoms with Crippen molar-refractivity contribution in [2.45, 2.75) is 5.33 Å². The first-order valence-corrected chi connectivity index (χ1v) is 7.02. The minimum absolute atomic E-state index is 0.359. The first kappa shape index (κ1) is 17.2. The van der Waals surface area contributed by atoms with Crippen molar-refractivity contribution in [1.29, 1.82) is 0 Å². The summed E-state index contributed by atoms with van der Waals surface area (Å²) in [6.07, 6.45) is 0. The van der Waals surface area contributed by atoms with E-state index in [9.17, 15) is 13.6 Å². The standard InChI is InChI=1S/C7H5BrF2.C5H7BrO2/c8-4-5-1-2-6(9)3-7(5)10;1-4(3-6)5(7)8-2/h1-3H,4H2;1,3H2,2H3. The van der Waals surface area contributed by atoms with Crippen LogP contribution in [0, 0.1) is 11.6 Å². The quantitative estimate of drug-likeness (QED) is 0.447. The van der Waals surface area contributed by atoms with Gasteiger partial charge in [-0.2, -0.15) is 0 Å². The summed E-state index contributed by atoms with van der Waals surface area (Å²) in [5.41, 5.74) is 0.911. The summed E-state index contributed by atoms with van der Waals surface area (Å²) in [6, 6.07) is 3.52. The number of alkyl halides is 2. The molecule has 0 saturated carbocycles. The van der Waals surface area contributed by atoms with E-state index in [1.807, 2.05) is 0 Å². The zero-order valence-electron chi connectivity index (χ0n) is 9.68. The Morgan fingerprint density at radius 3 is 2.33 bits per heavy atom. The van der Waals surface area contributed by atoms with Crippen molar-refractivity contribution in [2.75, 3.05) is 12.4 Å². The van der Waals surface area contributed by atoms with Crippen LogP contribution in [0.25, 0.3) is 0 Å². The molecule has 0 atom stereocenters. The van der Waals surface area contributed by atoms with Crippen molar-refractivity contribution in [3.63, 3.8) is 0 Å². The third-order valence-electron chi connectivity index (χ3n) is 1.79. The zero-order chi connectivity index (χ0) is 14.1. The Morgan fingerprint density at radius 2 is 2.00 bits per heavy atom. The second kappa shape index (κ2) is 9.22. The summed E-state index contributed by atoms with van der Waals surface area (Å²) < 4.78 is 29.1. The van der Waals surface area contributed by atoms with E-state index in [1.54, 1.807) is 0 Å². The van der Waals surface area contributed by atoms with Crippen LogP contribution in [0.4, 0.5) is 8.78 Å². The van der Waals surface area contributed by atoms with E-state index in [4.69, 9.17) is 0 Å². The SMILES string of the molecule is C=C(CBr)C(=O)OC.Fc1ccc(CBr)c(F)c1. The fraction of sp³-hybridized carbons (Fsp3) is 0.250. The van der Waals surface area contributed by atoms with Crippen LogP contribution in [-0.2, 0) is 14.9 Å². The Hall–Kier alpha value is -0.750. The molecule has 0 aliphatic rings. The van der Waals surface area contributed by atoms with Gasteiger partial charge in [-0.1, -0.05) is 44.5 Å². The Bertz CT molecular complexity index is 409. The number of carbonyl (C=O) groups excluding carboxylic acids is 1. The Balaban J connectivity index is 0.000000331. The second-order valence-electron chi connectivity index (χ2n) is 3.10. The summed E-state index contributed by atoms with van der Waals surface area (Å²) >= 11 is 6.13. The van der Waals surface area contributed by atoms with Crippen LogP contribution in [-0.4, -0.2) is 18.4 Å². The summed E-state index contributed by atoms with van der Waals surface area (Å²) in [5.74, 6) is -1.40. The number of hydrogen-bond acceptors (Lipinski definition) is 2. The molecule has 0 aromatic heterocycles. The Labute approximate surface area is 121 Å². The molecule has 0 aliphatic heterocycles. The van der Waals surface area contributed by atoms with E-state index >= 15 is 0 Å². The maximum absolute atomic E-state index is 12.6. The lowest BCUT2D eigenvalue weighted by Crippen LogP contribution is -2.03. The maximum atomic E-state index is 12.6. The van der Waals surface area contributed by atoms with Crippen LogP contribution in [0.2, 0.25) is 0 Å². The molecule has 0 heterocycles. The van der Waals surface area contributed by atoms with Gasteiger partial charge in [0.1, 0.15) is 11.6 Å². The minimum Gasteiger partial charge on any atom is -0.466 e. The van der Waals surface area contributed by atoms with E-state index in [0.29, 0.717) is 21.8 Å². The molecule has 0 aliphatic carbocycles. The third kappa shape index (κ3) is 6.26. The normalized spacial score (nSPS) is 9.17.